The number of rotatable bonds is 4. The second-order valence-electron chi connectivity index (χ2n) is 5.78. The van der Waals surface area contributed by atoms with Crippen LogP contribution in [0.15, 0.2) is 30.2 Å². The summed E-state index contributed by atoms with van der Waals surface area (Å²) in [5.74, 6) is -2.87. The zero-order valence-corrected chi connectivity index (χ0v) is 12.7. The molecule has 5 nitrogen and oxygen atoms in total. The van der Waals surface area contributed by atoms with E-state index in [-0.39, 0.29) is 18.5 Å². The van der Waals surface area contributed by atoms with Crippen molar-refractivity contribution in [3.63, 3.8) is 0 Å². The fraction of sp³-hybridized carbons (Fsp3) is 0.556. The Morgan fingerprint density at radius 2 is 2.13 bits per heavy atom. The third-order valence-electron chi connectivity index (χ3n) is 4.66. The van der Waals surface area contributed by atoms with Crippen LogP contribution in [0.1, 0.15) is 47.4 Å². The Kier molecular flexibility index (Phi) is 2.57. The lowest BCUT2D eigenvalue weighted by atomic mass is 9.87. The van der Waals surface area contributed by atoms with Crippen LogP contribution in [0.2, 0.25) is 0 Å². The highest BCUT2D eigenvalue weighted by Crippen LogP contribution is 2.40. The van der Waals surface area contributed by atoms with Crippen molar-refractivity contribution in [2.24, 2.45) is 5.92 Å². The van der Waals surface area contributed by atoms with E-state index in [0.29, 0.717) is 6.42 Å². The monoisotopic (exact) mass is 325 g/mol. The van der Waals surface area contributed by atoms with Crippen LogP contribution in [0.5, 0.6) is 0 Å². The standard InChI is InChI=1S/C18H23NO4/c1-3-22-18(21)16-14-10-9-13(19(14)2)11-15(16)23-17(20)12-7-5-4-6-8-12/h4-8,13-16H,3,9-11H2,1-2H3/t13-,14+,15-,16+/m0/s1/i1D3,4D,5D,6D,7D,8D. The van der Waals surface area contributed by atoms with Gasteiger partial charge in [-0.05, 0) is 38.8 Å². The van der Waals surface area contributed by atoms with Gasteiger partial charge in [0.1, 0.15) is 12.0 Å². The van der Waals surface area contributed by atoms with Gasteiger partial charge in [0.2, 0.25) is 0 Å². The van der Waals surface area contributed by atoms with Gasteiger partial charge in [-0.2, -0.15) is 0 Å². The molecule has 2 saturated heterocycles. The van der Waals surface area contributed by atoms with E-state index in [0.717, 1.165) is 6.42 Å². The van der Waals surface area contributed by atoms with Gasteiger partial charge < -0.3 is 9.47 Å². The van der Waals surface area contributed by atoms with Crippen LogP contribution in [0.4, 0.5) is 0 Å². The normalized spacial score (nSPS) is 35.5. The van der Waals surface area contributed by atoms with E-state index in [1.807, 2.05) is 11.9 Å². The third-order valence-corrected chi connectivity index (χ3v) is 4.66. The predicted octanol–water partition coefficient (Wildman–Crippen LogP) is 2.26. The van der Waals surface area contributed by atoms with Crippen molar-refractivity contribution in [2.45, 2.75) is 44.3 Å². The van der Waals surface area contributed by atoms with E-state index in [4.69, 9.17) is 20.4 Å². The molecule has 0 aliphatic carbocycles. The summed E-state index contributed by atoms with van der Waals surface area (Å²) in [5, 5.41) is 0. The van der Waals surface area contributed by atoms with Crippen molar-refractivity contribution in [2.75, 3.05) is 13.7 Å². The fourth-order valence-electron chi connectivity index (χ4n) is 3.57. The van der Waals surface area contributed by atoms with E-state index in [1.54, 1.807) is 0 Å². The first-order chi connectivity index (χ1) is 14.3. The molecule has 0 aromatic heterocycles. The van der Waals surface area contributed by atoms with Gasteiger partial charge in [0.05, 0.1) is 19.0 Å². The van der Waals surface area contributed by atoms with Crippen molar-refractivity contribution < 1.29 is 30.0 Å². The molecule has 124 valence electrons. The number of fused-ring (bicyclic) bond motifs is 2. The molecule has 2 aliphatic rings. The zero-order chi connectivity index (χ0) is 23.2. The van der Waals surface area contributed by atoms with Crippen LogP contribution < -0.4 is 0 Å². The van der Waals surface area contributed by atoms with Gasteiger partial charge in [0.15, 0.2) is 0 Å². The minimum atomic E-state index is -2.46. The number of esters is 2. The molecule has 2 aliphatic heterocycles. The predicted molar refractivity (Wildman–Crippen MR) is 85.0 cm³/mol. The Bertz CT molecular complexity index is 877. The highest BCUT2D eigenvalue weighted by atomic mass is 16.6. The average Bonchev–Trinajstić information content (AvgIpc) is 2.92. The van der Waals surface area contributed by atoms with Gasteiger partial charge >= 0.3 is 11.9 Å². The van der Waals surface area contributed by atoms with Crippen molar-refractivity contribution >= 4 is 11.9 Å². The van der Waals surface area contributed by atoms with Crippen molar-refractivity contribution in [3.05, 3.63) is 35.8 Å². The molecular weight excluding hydrogens is 294 g/mol. The third kappa shape index (κ3) is 3.11. The summed E-state index contributed by atoms with van der Waals surface area (Å²) < 4.78 is 71.1. The number of benzene rings is 1. The molecule has 1 aromatic carbocycles. The highest BCUT2D eigenvalue weighted by molar-refractivity contribution is 5.89. The largest absolute Gasteiger partial charge is 0.466 e. The van der Waals surface area contributed by atoms with Crippen LogP contribution in [0.3, 0.4) is 0 Å². The lowest BCUT2D eigenvalue weighted by molar-refractivity contribution is -0.158. The first-order valence-electron chi connectivity index (χ1n) is 11.5. The van der Waals surface area contributed by atoms with E-state index >= 15 is 0 Å². The maximum atomic E-state index is 12.8. The molecule has 2 bridgehead atoms. The maximum Gasteiger partial charge on any atom is 0.338 e. The number of piperidine rings is 1. The Morgan fingerprint density at radius 1 is 1.35 bits per heavy atom. The Balaban J connectivity index is 1.88. The summed E-state index contributed by atoms with van der Waals surface area (Å²) in [4.78, 5) is 27.6. The maximum absolute atomic E-state index is 12.8. The Morgan fingerprint density at radius 3 is 2.87 bits per heavy atom. The molecular formula is C18H23NO4. The van der Waals surface area contributed by atoms with Gasteiger partial charge in [-0.15, -0.1) is 0 Å². The summed E-state index contributed by atoms with van der Waals surface area (Å²) >= 11 is 0. The molecule has 3 rings (SSSR count). The number of carbonyl (C=O) groups excluding carboxylic acids is 2. The summed E-state index contributed by atoms with van der Waals surface area (Å²) in [6.07, 6.45) is 0.707. The molecule has 0 unspecified atom stereocenters. The molecule has 0 spiro atoms. The number of hydrogen-bond donors (Lipinski definition) is 0. The van der Waals surface area contributed by atoms with E-state index in [2.05, 4.69) is 0 Å². The highest BCUT2D eigenvalue weighted by Gasteiger charge is 2.51. The summed E-state index contributed by atoms with van der Waals surface area (Å²) in [6, 6.07) is -3.61. The second-order valence-corrected chi connectivity index (χ2v) is 5.78. The molecule has 1 aromatic rings. The van der Waals surface area contributed by atoms with Gasteiger partial charge in [0.25, 0.3) is 0 Å². The number of ether oxygens (including phenoxy) is 2. The Labute approximate surface area is 147 Å². The smallest absolute Gasteiger partial charge is 0.338 e. The van der Waals surface area contributed by atoms with Gasteiger partial charge in [-0.25, -0.2) is 4.79 Å². The van der Waals surface area contributed by atoms with Crippen LogP contribution in [-0.4, -0.2) is 48.7 Å². The molecule has 4 atom stereocenters. The van der Waals surface area contributed by atoms with E-state index < -0.39 is 73.2 Å². The van der Waals surface area contributed by atoms with E-state index in [1.165, 1.54) is 0 Å². The van der Waals surface area contributed by atoms with Crippen molar-refractivity contribution in [1.29, 1.82) is 0 Å². The molecule has 0 saturated carbocycles. The lowest BCUT2D eigenvalue weighted by Gasteiger charge is -2.40. The Hall–Kier alpha value is -1.88. The van der Waals surface area contributed by atoms with Crippen LogP contribution in [0, 0.1) is 5.92 Å². The number of carbonyl (C=O) groups is 2. The summed E-state index contributed by atoms with van der Waals surface area (Å²) in [5.41, 5.74) is -0.605. The second kappa shape index (κ2) is 6.71. The molecule has 2 heterocycles. The SMILES string of the molecule is [2H]c1c([2H])c([2H])c(C(=O)O[C@H]2C[C@@H]3CC[C@H]([C@H]2C(=O)OCC([2H])([2H])[2H])N3C)c([2H])c1[2H]. The molecule has 0 N–H and O–H groups in total. The summed E-state index contributed by atoms with van der Waals surface area (Å²) in [6.45, 7) is -3.24. The molecule has 0 radical (unpaired) electrons. The number of hydrogen-bond acceptors (Lipinski definition) is 5. The topological polar surface area (TPSA) is 55.8 Å². The van der Waals surface area contributed by atoms with Gasteiger partial charge in [-0.1, -0.05) is 18.1 Å². The van der Waals surface area contributed by atoms with Crippen molar-refractivity contribution in [3.8, 4) is 0 Å². The van der Waals surface area contributed by atoms with Crippen LogP contribution in [0.25, 0.3) is 0 Å². The summed E-state index contributed by atoms with van der Waals surface area (Å²) in [7, 11) is 1.83. The zero-order valence-electron chi connectivity index (χ0n) is 20.7. The van der Waals surface area contributed by atoms with Crippen molar-refractivity contribution in [1.82, 2.24) is 4.90 Å². The first-order valence-corrected chi connectivity index (χ1v) is 7.50. The van der Waals surface area contributed by atoms with Crippen LogP contribution >= 0.6 is 0 Å². The molecule has 5 heteroatoms. The minimum Gasteiger partial charge on any atom is -0.466 e. The molecule has 0 amide bonds. The quantitative estimate of drug-likeness (QED) is 0.795. The van der Waals surface area contributed by atoms with Gasteiger partial charge in [-0.3, -0.25) is 9.69 Å². The minimum absolute atomic E-state index is 0.0366. The lowest BCUT2D eigenvalue weighted by Crippen LogP contribution is -2.53. The molecule has 2 fully saturated rings. The fourth-order valence-corrected chi connectivity index (χ4v) is 3.57. The first kappa shape index (κ1) is 8.83. The number of nitrogens with zero attached hydrogens (tertiary/aromatic N) is 1. The van der Waals surface area contributed by atoms with Crippen LogP contribution in [-0.2, 0) is 14.3 Å². The van der Waals surface area contributed by atoms with E-state index in [9.17, 15) is 9.59 Å². The van der Waals surface area contributed by atoms with Gasteiger partial charge in [0, 0.05) is 22.6 Å². The average molecular weight is 325 g/mol. The molecule has 23 heavy (non-hydrogen) atoms.